The molecule has 1 unspecified atom stereocenters. The van der Waals surface area contributed by atoms with Crippen LogP contribution in [0.1, 0.15) is 11.6 Å². The van der Waals surface area contributed by atoms with Gasteiger partial charge in [0.1, 0.15) is 11.6 Å². The molecule has 0 aromatic heterocycles. The molecule has 0 saturated heterocycles. The minimum Gasteiger partial charge on any atom is -0.370 e. The van der Waals surface area contributed by atoms with Gasteiger partial charge in [0.2, 0.25) is 0 Å². The highest BCUT2D eigenvalue weighted by atomic mass is 19.1. The molecule has 1 aliphatic rings. The molecule has 1 aliphatic heterocycles. The van der Waals surface area contributed by atoms with E-state index < -0.39 is 17.7 Å². The standard InChI is InChI=1S/C10H11F2N3/c1-15-8(5-14-10(15)13)9-6(11)3-2-4-7(9)12/h2-4,8H,5H2,1H3,(H2,13,14). The maximum absolute atomic E-state index is 13.4. The molecule has 5 heteroatoms. The Balaban J connectivity index is 2.40. The Morgan fingerprint density at radius 2 is 2.00 bits per heavy atom. The van der Waals surface area contributed by atoms with Gasteiger partial charge in [-0.2, -0.15) is 0 Å². The molecule has 1 aromatic carbocycles. The predicted octanol–water partition coefficient (Wildman–Crippen LogP) is 1.27. The number of likely N-dealkylation sites (N-methyl/N-ethyl adjacent to an activating group) is 1. The third-order valence-electron chi connectivity index (χ3n) is 2.59. The Bertz CT molecular complexity index is 397. The van der Waals surface area contributed by atoms with E-state index in [4.69, 9.17) is 5.73 Å². The number of guanidine groups is 1. The van der Waals surface area contributed by atoms with Crippen LogP contribution in [0.4, 0.5) is 8.78 Å². The van der Waals surface area contributed by atoms with Crippen molar-refractivity contribution in [2.45, 2.75) is 6.04 Å². The van der Waals surface area contributed by atoms with E-state index in [2.05, 4.69) is 4.99 Å². The van der Waals surface area contributed by atoms with Crippen LogP contribution in [0, 0.1) is 11.6 Å². The fraction of sp³-hybridized carbons (Fsp3) is 0.300. The largest absolute Gasteiger partial charge is 0.370 e. The van der Waals surface area contributed by atoms with Crippen molar-refractivity contribution in [1.29, 1.82) is 0 Å². The normalized spacial score (nSPS) is 20.6. The van der Waals surface area contributed by atoms with E-state index in [9.17, 15) is 8.78 Å². The molecule has 0 amide bonds. The number of benzene rings is 1. The summed E-state index contributed by atoms with van der Waals surface area (Å²) in [5.41, 5.74) is 5.57. The molecule has 2 rings (SSSR count). The van der Waals surface area contributed by atoms with Crippen molar-refractivity contribution >= 4 is 5.96 Å². The van der Waals surface area contributed by atoms with Gasteiger partial charge >= 0.3 is 0 Å². The lowest BCUT2D eigenvalue weighted by Gasteiger charge is -2.22. The Kier molecular flexibility index (Phi) is 2.30. The lowest BCUT2D eigenvalue weighted by Crippen LogP contribution is -2.33. The third-order valence-corrected chi connectivity index (χ3v) is 2.59. The molecule has 0 fully saturated rings. The number of halogens is 2. The first kappa shape index (κ1) is 9.89. The van der Waals surface area contributed by atoms with Crippen LogP contribution in [0.3, 0.4) is 0 Å². The maximum atomic E-state index is 13.4. The van der Waals surface area contributed by atoms with Crippen LogP contribution >= 0.6 is 0 Å². The van der Waals surface area contributed by atoms with Crippen LogP contribution in [0.15, 0.2) is 23.2 Å². The van der Waals surface area contributed by atoms with E-state index >= 15 is 0 Å². The van der Waals surface area contributed by atoms with Crippen molar-refractivity contribution in [3.8, 4) is 0 Å². The van der Waals surface area contributed by atoms with Crippen LogP contribution < -0.4 is 5.73 Å². The predicted molar refractivity (Wildman–Crippen MR) is 53.4 cm³/mol. The highest BCUT2D eigenvalue weighted by Gasteiger charge is 2.28. The molecular weight excluding hydrogens is 200 g/mol. The minimum atomic E-state index is -0.559. The third kappa shape index (κ3) is 1.54. The summed E-state index contributed by atoms with van der Waals surface area (Å²) in [5.74, 6) is -0.809. The Labute approximate surface area is 86.2 Å². The topological polar surface area (TPSA) is 41.6 Å². The zero-order chi connectivity index (χ0) is 11.0. The molecule has 0 saturated carbocycles. The number of aliphatic imine (C=N–C) groups is 1. The number of hydrogen-bond acceptors (Lipinski definition) is 3. The molecular formula is C10H11F2N3. The van der Waals surface area contributed by atoms with Gasteiger partial charge in [-0.25, -0.2) is 8.78 Å². The fourth-order valence-corrected chi connectivity index (χ4v) is 1.69. The number of nitrogens with two attached hydrogens (primary N) is 1. The molecule has 0 aliphatic carbocycles. The van der Waals surface area contributed by atoms with Gasteiger partial charge in [-0.1, -0.05) is 6.07 Å². The number of hydrogen-bond donors (Lipinski definition) is 1. The summed E-state index contributed by atoms with van der Waals surface area (Å²) < 4.78 is 26.9. The van der Waals surface area contributed by atoms with Gasteiger partial charge in [0, 0.05) is 12.6 Å². The lowest BCUT2D eigenvalue weighted by molar-refractivity contribution is 0.382. The second-order valence-corrected chi connectivity index (χ2v) is 3.46. The second kappa shape index (κ2) is 3.49. The summed E-state index contributed by atoms with van der Waals surface area (Å²) in [6.07, 6.45) is 0. The summed E-state index contributed by atoms with van der Waals surface area (Å²) in [6, 6.07) is 3.38. The fourth-order valence-electron chi connectivity index (χ4n) is 1.69. The molecule has 15 heavy (non-hydrogen) atoms. The van der Waals surface area contributed by atoms with Crippen LogP contribution in [-0.2, 0) is 0 Å². The lowest BCUT2D eigenvalue weighted by atomic mass is 10.1. The molecule has 0 bridgehead atoms. The smallest absolute Gasteiger partial charge is 0.191 e. The van der Waals surface area contributed by atoms with Crippen LogP contribution in [0.2, 0.25) is 0 Å². The van der Waals surface area contributed by atoms with Gasteiger partial charge in [0.15, 0.2) is 5.96 Å². The van der Waals surface area contributed by atoms with Crippen molar-refractivity contribution in [2.75, 3.05) is 13.6 Å². The zero-order valence-electron chi connectivity index (χ0n) is 8.24. The number of nitrogens with zero attached hydrogens (tertiary/aromatic N) is 2. The van der Waals surface area contributed by atoms with Gasteiger partial charge in [0.05, 0.1) is 12.6 Å². The zero-order valence-corrected chi connectivity index (χ0v) is 8.24. The van der Waals surface area contributed by atoms with Crippen molar-refractivity contribution in [3.05, 3.63) is 35.4 Å². The summed E-state index contributed by atoms with van der Waals surface area (Å²) >= 11 is 0. The van der Waals surface area contributed by atoms with E-state index in [-0.39, 0.29) is 5.56 Å². The monoisotopic (exact) mass is 211 g/mol. The van der Waals surface area contributed by atoms with Crippen molar-refractivity contribution < 1.29 is 8.78 Å². The van der Waals surface area contributed by atoms with Crippen LogP contribution in [-0.4, -0.2) is 24.5 Å². The van der Waals surface area contributed by atoms with Crippen molar-refractivity contribution in [2.24, 2.45) is 10.7 Å². The van der Waals surface area contributed by atoms with Gasteiger partial charge in [-0.15, -0.1) is 0 Å². The van der Waals surface area contributed by atoms with Gasteiger partial charge < -0.3 is 10.6 Å². The minimum absolute atomic E-state index is 0.0317. The Hall–Kier alpha value is -1.65. The quantitative estimate of drug-likeness (QED) is 0.760. The molecule has 0 spiro atoms. The summed E-state index contributed by atoms with van der Waals surface area (Å²) in [6.45, 7) is 0.292. The average Bonchev–Trinajstić information content (AvgIpc) is 2.49. The van der Waals surface area contributed by atoms with Gasteiger partial charge in [-0.3, -0.25) is 4.99 Å². The molecule has 1 atom stereocenters. The Morgan fingerprint density at radius 1 is 1.40 bits per heavy atom. The molecule has 2 N–H and O–H groups in total. The average molecular weight is 211 g/mol. The highest BCUT2D eigenvalue weighted by Crippen LogP contribution is 2.28. The van der Waals surface area contributed by atoms with E-state index in [1.54, 1.807) is 11.9 Å². The van der Waals surface area contributed by atoms with Crippen molar-refractivity contribution in [3.63, 3.8) is 0 Å². The van der Waals surface area contributed by atoms with E-state index in [0.29, 0.717) is 12.5 Å². The first-order valence-corrected chi connectivity index (χ1v) is 4.58. The maximum Gasteiger partial charge on any atom is 0.191 e. The van der Waals surface area contributed by atoms with Gasteiger partial charge in [0.25, 0.3) is 0 Å². The first-order valence-electron chi connectivity index (χ1n) is 4.58. The summed E-state index contributed by atoms with van der Waals surface area (Å²) in [5, 5.41) is 0. The summed E-state index contributed by atoms with van der Waals surface area (Å²) in [7, 11) is 1.67. The molecule has 0 radical (unpaired) electrons. The van der Waals surface area contributed by atoms with E-state index in [1.807, 2.05) is 0 Å². The SMILES string of the molecule is CN1C(N)=NCC1c1c(F)cccc1F. The first-order chi connectivity index (χ1) is 7.11. The van der Waals surface area contributed by atoms with Gasteiger partial charge in [-0.05, 0) is 12.1 Å². The summed E-state index contributed by atoms with van der Waals surface area (Å²) in [4.78, 5) is 5.52. The highest BCUT2D eigenvalue weighted by molar-refractivity contribution is 5.80. The van der Waals surface area contributed by atoms with Crippen molar-refractivity contribution in [1.82, 2.24) is 4.90 Å². The second-order valence-electron chi connectivity index (χ2n) is 3.46. The molecule has 1 aromatic rings. The molecule has 80 valence electrons. The van der Waals surface area contributed by atoms with E-state index in [1.165, 1.54) is 18.2 Å². The molecule has 1 heterocycles. The van der Waals surface area contributed by atoms with E-state index in [0.717, 1.165) is 0 Å². The van der Waals surface area contributed by atoms with Crippen LogP contribution in [0.25, 0.3) is 0 Å². The molecule has 3 nitrogen and oxygen atoms in total. The van der Waals surface area contributed by atoms with Crippen LogP contribution in [0.5, 0.6) is 0 Å². The Morgan fingerprint density at radius 3 is 2.47 bits per heavy atom. The number of rotatable bonds is 1.